The molecule has 0 aliphatic carbocycles. The molecule has 0 bridgehead atoms. The predicted octanol–water partition coefficient (Wildman–Crippen LogP) is 32.6. The maximum atomic E-state index is 6.53. The minimum absolute atomic E-state index is 0.940. The summed E-state index contributed by atoms with van der Waals surface area (Å²) in [6.07, 6.45) is 0. The van der Waals surface area contributed by atoms with Gasteiger partial charge in [0, 0.05) is 142 Å². The van der Waals surface area contributed by atoms with Crippen LogP contribution in [0.2, 0.25) is 0 Å². The Morgan fingerprint density at radius 1 is 0.286 bits per heavy atom. The van der Waals surface area contributed by atoms with Crippen molar-refractivity contribution in [3.63, 3.8) is 0 Å². The average molecular weight is 1520 g/mol. The second kappa shape index (κ2) is 26.1. The van der Waals surface area contributed by atoms with Gasteiger partial charge >= 0.3 is 0 Å². The van der Waals surface area contributed by atoms with Crippen LogP contribution in [-0.4, -0.2) is 4.57 Å². The predicted molar refractivity (Wildman–Crippen MR) is 488 cm³/mol. The Labute approximate surface area is 662 Å². The third-order valence-electron chi connectivity index (χ3n) is 22.7. The number of fused-ring (bicyclic) bond motifs is 27. The SMILES string of the molecule is Cc1csc2cc(-c3cccc4c3sc3ccccc34)c3ccc4c5ccccc5oc4c3c12.c1ccc(N(c2ccccc2)c2ccc(-c3cc4sccc4c4c3ccc3c5ccccc5n(-c5ccccc5)c34)cc2)cc1.c1ccc2c(c1)oc1cc(-c3cc4ccsc4c4c3ccc3c5ccccc5sc34)ccc12. The van der Waals surface area contributed by atoms with Gasteiger partial charge in [0.05, 0.1) is 11.0 Å². The molecule has 0 saturated carbocycles. The smallest absolute Gasteiger partial charge is 0.143 e. The van der Waals surface area contributed by atoms with Crippen molar-refractivity contribution in [2.75, 3.05) is 4.90 Å². The lowest BCUT2D eigenvalue weighted by molar-refractivity contribution is 0.669. The highest BCUT2D eigenvalue weighted by Gasteiger charge is 2.24. The number of thiophene rings is 5. The van der Waals surface area contributed by atoms with Crippen molar-refractivity contribution in [1.82, 2.24) is 4.57 Å². The second-order valence-electron chi connectivity index (χ2n) is 28.9. The fraction of sp³-hybridized carbons (Fsp3) is 0.00971. The molecule has 0 N–H and O–H groups in total. The van der Waals surface area contributed by atoms with Crippen LogP contribution in [0.25, 0.3) is 208 Å². The summed E-state index contributed by atoms with van der Waals surface area (Å²) in [6.45, 7) is 2.21. The average Bonchev–Trinajstić information content (AvgIpc) is 1.53. The first-order valence-corrected chi connectivity index (χ1v) is 42.0. The van der Waals surface area contributed by atoms with E-state index >= 15 is 0 Å². The van der Waals surface area contributed by atoms with Crippen molar-refractivity contribution >= 4 is 242 Å². The fourth-order valence-corrected chi connectivity index (χ4v) is 23.0. The van der Waals surface area contributed by atoms with Crippen LogP contribution in [0.3, 0.4) is 0 Å². The monoisotopic (exact) mass is 1520 g/mol. The second-order valence-corrected chi connectivity index (χ2v) is 33.8. The molecule has 0 aliphatic heterocycles. The normalized spacial score (nSPS) is 12.0. The van der Waals surface area contributed by atoms with Crippen LogP contribution in [0.4, 0.5) is 17.1 Å². The Hall–Kier alpha value is -13.0. The van der Waals surface area contributed by atoms with Gasteiger partial charge in [-0.3, -0.25) is 0 Å². The molecule has 0 radical (unpaired) electrons. The Bertz CT molecular complexity index is 8050. The minimum atomic E-state index is 0.940. The van der Waals surface area contributed by atoms with Gasteiger partial charge in [0.1, 0.15) is 22.3 Å². The molecular formula is C103H62N2O2S5. The molecule has 8 aromatic heterocycles. The van der Waals surface area contributed by atoms with E-state index in [0.717, 1.165) is 39.4 Å². The van der Waals surface area contributed by atoms with Gasteiger partial charge < -0.3 is 18.3 Å². The van der Waals surface area contributed by atoms with E-state index in [1.807, 2.05) is 74.9 Å². The molecule has 17 aromatic carbocycles. The van der Waals surface area contributed by atoms with E-state index in [1.165, 1.54) is 191 Å². The maximum absolute atomic E-state index is 6.53. The van der Waals surface area contributed by atoms with Crippen molar-refractivity contribution < 1.29 is 8.83 Å². The van der Waals surface area contributed by atoms with E-state index in [9.17, 15) is 0 Å². The topological polar surface area (TPSA) is 34.5 Å². The lowest BCUT2D eigenvalue weighted by Gasteiger charge is -2.25. The zero-order valence-corrected chi connectivity index (χ0v) is 64.4. The molecule has 4 nitrogen and oxygen atoms in total. The van der Waals surface area contributed by atoms with Crippen LogP contribution >= 0.6 is 56.7 Å². The van der Waals surface area contributed by atoms with E-state index in [-0.39, 0.29) is 0 Å². The van der Waals surface area contributed by atoms with Crippen LogP contribution in [0.1, 0.15) is 5.56 Å². The summed E-state index contributed by atoms with van der Waals surface area (Å²) in [5.74, 6) is 0. The summed E-state index contributed by atoms with van der Waals surface area (Å²) in [6, 6.07) is 123. The van der Waals surface area contributed by atoms with E-state index in [0.29, 0.717) is 0 Å². The summed E-state index contributed by atoms with van der Waals surface area (Å²) in [5, 5.41) is 31.0. The van der Waals surface area contributed by atoms with Crippen molar-refractivity contribution in [3.05, 3.63) is 361 Å². The highest BCUT2D eigenvalue weighted by atomic mass is 32.1. The molecule has 0 atom stereocenters. The third kappa shape index (κ3) is 10.3. The number of hydrogen-bond acceptors (Lipinski definition) is 8. The quantitative estimate of drug-likeness (QED) is 0.159. The highest BCUT2D eigenvalue weighted by molar-refractivity contribution is 7.28. The molecule has 25 aromatic rings. The lowest BCUT2D eigenvalue weighted by Crippen LogP contribution is -2.09. The van der Waals surface area contributed by atoms with Crippen LogP contribution < -0.4 is 4.90 Å². The fourth-order valence-electron chi connectivity index (χ4n) is 17.7. The number of para-hydroxylation sites is 6. The molecule has 0 fully saturated rings. The summed E-state index contributed by atoms with van der Waals surface area (Å²) in [7, 11) is 0. The van der Waals surface area contributed by atoms with Gasteiger partial charge in [0.15, 0.2) is 0 Å². The number of nitrogens with zero attached hydrogens (tertiary/aromatic N) is 2. The molecule has 0 unspecified atom stereocenters. The van der Waals surface area contributed by atoms with E-state index in [4.69, 9.17) is 8.83 Å². The Morgan fingerprint density at radius 3 is 1.57 bits per heavy atom. The molecule has 0 saturated heterocycles. The number of hydrogen-bond donors (Lipinski definition) is 0. The number of anilines is 3. The van der Waals surface area contributed by atoms with Crippen molar-refractivity contribution in [1.29, 1.82) is 0 Å². The van der Waals surface area contributed by atoms with Gasteiger partial charge in [-0.25, -0.2) is 0 Å². The van der Waals surface area contributed by atoms with Gasteiger partial charge in [-0.05, 0) is 205 Å². The Kier molecular flexibility index (Phi) is 15.1. The van der Waals surface area contributed by atoms with Gasteiger partial charge in [-0.15, -0.1) is 56.7 Å². The highest BCUT2D eigenvalue weighted by Crippen LogP contribution is 2.51. The molecule has 0 aliphatic rings. The Morgan fingerprint density at radius 2 is 0.821 bits per heavy atom. The zero-order chi connectivity index (χ0) is 73.6. The first-order valence-electron chi connectivity index (χ1n) is 37.7. The molecule has 9 heteroatoms. The van der Waals surface area contributed by atoms with Crippen molar-refractivity contribution in [2.45, 2.75) is 6.92 Å². The van der Waals surface area contributed by atoms with E-state index in [1.54, 1.807) is 0 Å². The van der Waals surface area contributed by atoms with Gasteiger partial charge in [0.2, 0.25) is 0 Å². The van der Waals surface area contributed by atoms with Crippen molar-refractivity contribution in [3.8, 4) is 39.1 Å². The summed E-state index contributed by atoms with van der Waals surface area (Å²) < 4.78 is 24.6. The number of furan rings is 2. The van der Waals surface area contributed by atoms with Crippen LogP contribution in [0, 0.1) is 6.92 Å². The van der Waals surface area contributed by atoms with Gasteiger partial charge in [0.25, 0.3) is 0 Å². The number of aromatic nitrogens is 1. The van der Waals surface area contributed by atoms with Crippen molar-refractivity contribution in [2.24, 2.45) is 0 Å². The van der Waals surface area contributed by atoms with E-state index in [2.05, 4.69) is 354 Å². The lowest BCUT2D eigenvalue weighted by atomic mass is 9.93. The first kappa shape index (κ1) is 65.0. The summed E-state index contributed by atoms with van der Waals surface area (Å²) in [4.78, 5) is 2.31. The first-order chi connectivity index (χ1) is 55.5. The standard InChI is InChI=1S/C42H28N2S.C31H18OS2.C30H16OS2/c1-4-12-30(13-5-1)43(31-14-6-2-7-15-31)33-22-20-29(21-23-33)38-28-40-37(26-27-45-40)41-35(38)24-25-36-34-18-10-11-19-39(34)44(42(36)41)32-16-8-3-9-17-32;1-17-16-33-27-15-24(23-10-6-9-22-19-8-3-5-12-26(19)34-31(22)23)20-13-14-21-18-7-2-4-11-25(18)32-30(21)29(20)28(17)27;1-3-7-25-19(5-1)20-10-9-17(16-26(20)31-25)24-15-18-13-14-32-29(18)28-22(24)11-12-23-21-6-2-4-8-27(21)33-30(23)28/h1-28H;2-16H,1H3;1-16H. The molecule has 0 spiro atoms. The third-order valence-corrected chi connectivity index (χ3v) is 27.9. The summed E-state index contributed by atoms with van der Waals surface area (Å²) in [5.41, 5.74) is 19.7. The molecule has 0 amide bonds. The molecule has 25 rings (SSSR count). The molecule has 8 heterocycles. The van der Waals surface area contributed by atoms with Gasteiger partial charge in [-0.2, -0.15) is 0 Å². The minimum Gasteiger partial charge on any atom is -0.456 e. The van der Waals surface area contributed by atoms with Gasteiger partial charge in [-0.1, -0.05) is 212 Å². The zero-order valence-electron chi connectivity index (χ0n) is 60.3. The Balaban J connectivity index is 0.000000102. The van der Waals surface area contributed by atoms with E-state index < -0.39 is 0 Å². The molecule has 526 valence electrons. The largest absolute Gasteiger partial charge is 0.456 e. The van der Waals surface area contributed by atoms with Crippen LogP contribution in [0.5, 0.6) is 0 Å². The number of aryl methyl sites for hydroxylation is 1. The summed E-state index contributed by atoms with van der Waals surface area (Å²) >= 11 is 9.27. The van der Waals surface area contributed by atoms with Crippen LogP contribution in [-0.2, 0) is 0 Å². The number of rotatable bonds is 7. The van der Waals surface area contributed by atoms with Crippen LogP contribution in [0.15, 0.2) is 365 Å². The maximum Gasteiger partial charge on any atom is 0.143 e. The number of benzene rings is 17. The molecule has 112 heavy (non-hydrogen) atoms. The molecular weight excluding hydrogens is 1460 g/mol.